The number of aryl methyl sites for hydroxylation is 1. The number of aliphatic hydroxyl groups excluding tert-OH is 1. The molecule has 2 rings (SSSR count). The van der Waals surface area contributed by atoms with Crippen LogP contribution in [0.25, 0.3) is 0 Å². The number of ether oxygens (including phenoxy) is 1. The van der Waals surface area contributed by atoms with E-state index in [1.54, 1.807) is 7.11 Å². The Morgan fingerprint density at radius 3 is 2.53 bits per heavy atom. The summed E-state index contributed by atoms with van der Waals surface area (Å²) in [6.07, 6.45) is -0.540. The van der Waals surface area contributed by atoms with Crippen molar-refractivity contribution in [2.75, 3.05) is 13.7 Å². The van der Waals surface area contributed by atoms with Crippen LogP contribution < -0.4 is 10.1 Å². The second-order valence-corrected chi connectivity index (χ2v) is 4.43. The maximum atomic E-state index is 10.0. The zero-order valence-corrected chi connectivity index (χ0v) is 11.2. The zero-order valence-electron chi connectivity index (χ0n) is 11.2. The van der Waals surface area contributed by atoms with Gasteiger partial charge in [0.25, 0.3) is 0 Å². The maximum Gasteiger partial charge on any atom is 0.118 e. The third kappa shape index (κ3) is 3.84. The zero-order chi connectivity index (χ0) is 13.7. The Labute approximate surface area is 113 Å². The van der Waals surface area contributed by atoms with E-state index in [4.69, 9.17) is 9.15 Å². The summed E-state index contributed by atoms with van der Waals surface area (Å²) in [7, 11) is 1.62. The molecule has 0 spiro atoms. The van der Waals surface area contributed by atoms with Gasteiger partial charge in [-0.05, 0) is 36.8 Å². The number of aliphatic hydroxyl groups is 1. The van der Waals surface area contributed by atoms with Crippen molar-refractivity contribution in [1.82, 2.24) is 5.32 Å². The minimum absolute atomic E-state index is 0.478. The molecule has 0 bridgehead atoms. The van der Waals surface area contributed by atoms with E-state index < -0.39 is 6.10 Å². The molecular formula is C15H19NO3. The van der Waals surface area contributed by atoms with Crippen LogP contribution in [0.1, 0.15) is 23.2 Å². The highest BCUT2D eigenvalue weighted by Gasteiger charge is 2.07. The van der Waals surface area contributed by atoms with Crippen molar-refractivity contribution >= 4 is 0 Å². The van der Waals surface area contributed by atoms with Crippen LogP contribution in [0.4, 0.5) is 0 Å². The van der Waals surface area contributed by atoms with Crippen molar-refractivity contribution in [3.8, 4) is 5.75 Å². The number of methoxy groups -OCH3 is 1. The van der Waals surface area contributed by atoms with Crippen molar-refractivity contribution in [2.24, 2.45) is 0 Å². The van der Waals surface area contributed by atoms with E-state index in [1.807, 2.05) is 43.3 Å². The van der Waals surface area contributed by atoms with E-state index in [0.717, 1.165) is 22.8 Å². The van der Waals surface area contributed by atoms with Gasteiger partial charge in [-0.2, -0.15) is 0 Å². The quantitative estimate of drug-likeness (QED) is 0.838. The topological polar surface area (TPSA) is 54.6 Å². The highest BCUT2D eigenvalue weighted by Crippen LogP contribution is 2.17. The molecule has 0 amide bonds. The maximum absolute atomic E-state index is 10.0. The van der Waals surface area contributed by atoms with Gasteiger partial charge >= 0.3 is 0 Å². The van der Waals surface area contributed by atoms with Crippen LogP contribution in [-0.4, -0.2) is 18.8 Å². The fourth-order valence-electron chi connectivity index (χ4n) is 1.86. The fraction of sp³-hybridized carbons (Fsp3) is 0.333. The lowest BCUT2D eigenvalue weighted by Gasteiger charge is -2.12. The Bertz CT molecular complexity index is 504. The van der Waals surface area contributed by atoms with Gasteiger partial charge < -0.3 is 19.6 Å². The Kier molecular flexibility index (Phi) is 4.60. The molecule has 4 nitrogen and oxygen atoms in total. The van der Waals surface area contributed by atoms with Crippen molar-refractivity contribution in [2.45, 2.75) is 19.6 Å². The first-order valence-corrected chi connectivity index (χ1v) is 6.27. The molecule has 0 saturated carbocycles. The molecule has 0 aliphatic heterocycles. The average Bonchev–Trinajstić information content (AvgIpc) is 2.84. The molecule has 2 N–H and O–H groups in total. The lowest BCUT2D eigenvalue weighted by molar-refractivity contribution is 0.173. The summed E-state index contributed by atoms with van der Waals surface area (Å²) in [5, 5.41) is 13.2. The molecule has 0 aliphatic carbocycles. The highest BCUT2D eigenvalue weighted by atomic mass is 16.5. The molecule has 0 fully saturated rings. The fourth-order valence-corrected chi connectivity index (χ4v) is 1.86. The molecule has 1 aromatic carbocycles. The Morgan fingerprint density at radius 2 is 1.95 bits per heavy atom. The lowest BCUT2D eigenvalue weighted by atomic mass is 10.1. The molecular weight excluding hydrogens is 242 g/mol. The van der Waals surface area contributed by atoms with Crippen molar-refractivity contribution < 1.29 is 14.3 Å². The molecule has 1 atom stereocenters. The second kappa shape index (κ2) is 6.41. The Morgan fingerprint density at radius 1 is 1.21 bits per heavy atom. The number of rotatable bonds is 6. The minimum Gasteiger partial charge on any atom is -0.497 e. The molecule has 0 radical (unpaired) electrons. The minimum atomic E-state index is -0.540. The van der Waals surface area contributed by atoms with Crippen molar-refractivity contribution in [3.63, 3.8) is 0 Å². The summed E-state index contributed by atoms with van der Waals surface area (Å²) in [6, 6.07) is 11.3. The molecule has 102 valence electrons. The van der Waals surface area contributed by atoms with E-state index in [-0.39, 0.29) is 0 Å². The van der Waals surface area contributed by atoms with Crippen molar-refractivity contribution in [3.05, 3.63) is 53.5 Å². The van der Waals surface area contributed by atoms with E-state index >= 15 is 0 Å². The summed E-state index contributed by atoms with van der Waals surface area (Å²) >= 11 is 0. The van der Waals surface area contributed by atoms with Gasteiger partial charge in [-0.25, -0.2) is 0 Å². The van der Waals surface area contributed by atoms with E-state index in [0.29, 0.717) is 13.1 Å². The smallest absolute Gasteiger partial charge is 0.118 e. The number of hydrogen-bond donors (Lipinski definition) is 2. The lowest BCUT2D eigenvalue weighted by Crippen LogP contribution is -2.20. The summed E-state index contributed by atoms with van der Waals surface area (Å²) < 4.78 is 10.5. The SMILES string of the molecule is COc1ccc(C(O)CNCc2ccc(C)o2)cc1. The molecule has 19 heavy (non-hydrogen) atoms. The largest absolute Gasteiger partial charge is 0.497 e. The van der Waals surface area contributed by atoms with Crippen LogP contribution in [0.5, 0.6) is 5.75 Å². The molecule has 1 heterocycles. The van der Waals surface area contributed by atoms with Gasteiger partial charge in [-0.15, -0.1) is 0 Å². The van der Waals surface area contributed by atoms with Crippen LogP contribution in [0, 0.1) is 6.92 Å². The summed E-state index contributed by atoms with van der Waals surface area (Å²) in [4.78, 5) is 0. The Hall–Kier alpha value is -1.78. The first-order chi connectivity index (χ1) is 9.19. The van der Waals surface area contributed by atoms with E-state index in [9.17, 15) is 5.11 Å². The molecule has 1 unspecified atom stereocenters. The predicted molar refractivity (Wildman–Crippen MR) is 73.1 cm³/mol. The first-order valence-electron chi connectivity index (χ1n) is 6.27. The van der Waals surface area contributed by atoms with Gasteiger partial charge in [0.1, 0.15) is 17.3 Å². The summed E-state index contributed by atoms with van der Waals surface area (Å²) in [5.41, 5.74) is 0.865. The van der Waals surface area contributed by atoms with E-state index in [2.05, 4.69) is 5.32 Å². The molecule has 0 aliphatic rings. The van der Waals surface area contributed by atoms with E-state index in [1.165, 1.54) is 0 Å². The van der Waals surface area contributed by atoms with Crippen LogP contribution in [0.3, 0.4) is 0 Å². The summed E-state index contributed by atoms with van der Waals surface area (Å²) in [6.45, 7) is 3.00. The van der Waals surface area contributed by atoms with Gasteiger partial charge in [-0.3, -0.25) is 0 Å². The van der Waals surface area contributed by atoms with Crippen LogP contribution in [0.2, 0.25) is 0 Å². The summed E-state index contributed by atoms with van der Waals surface area (Å²) in [5.74, 6) is 2.56. The number of hydrogen-bond acceptors (Lipinski definition) is 4. The normalized spacial score (nSPS) is 12.4. The standard InChI is InChI=1S/C15H19NO3/c1-11-3-6-14(19-11)9-16-10-15(17)12-4-7-13(18-2)8-5-12/h3-8,15-17H,9-10H2,1-2H3. The average molecular weight is 261 g/mol. The first kappa shape index (κ1) is 13.6. The van der Waals surface area contributed by atoms with Crippen LogP contribution in [-0.2, 0) is 6.54 Å². The van der Waals surface area contributed by atoms with Gasteiger partial charge in [0.2, 0.25) is 0 Å². The number of benzene rings is 1. The second-order valence-electron chi connectivity index (χ2n) is 4.43. The monoisotopic (exact) mass is 261 g/mol. The van der Waals surface area contributed by atoms with Gasteiger partial charge in [0.15, 0.2) is 0 Å². The molecule has 4 heteroatoms. The molecule has 2 aromatic rings. The Balaban J connectivity index is 1.81. The van der Waals surface area contributed by atoms with Crippen LogP contribution in [0.15, 0.2) is 40.8 Å². The third-order valence-corrected chi connectivity index (χ3v) is 2.93. The molecule has 1 aromatic heterocycles. The van der Waals surface area contributed by atoms with Gasteiger partial charge in [0, 0.05) is 6.54 Å². The number of furan rings is 1. The number of nitrogens with one attached hydrogen (secondary N) is 1. The van der Waals surface area contributed by atoms with Gasteiger partial charge in [-0.1, -0.05) is 12.1 Å². The van der Waals surface area contributed by atoms with Crippen molar-refractivity contribution in [1.29, 1.82) is 0 Å². The van der Waals surface area contributed by atoms with Gasteiger partial charge in [0.05, 0.1) is 19.8 Å². The molecule has 0 saturated heterocycles. The van der Waals surface area contributed by atoms with Crippen LogP contribution >= 0.6 is 0 Å². The predicted octanol–water partition coefficient (Wildman–Crippen LogP) is 2.42. The third-order valence-electron chi connectivity index (χ3n) is 2.93. The highest BCUT2D eigenvalue weighted by molar-refractivity contribution is 5.28.